The van der Waals surface area contributed by atoms with Crippen molar-refractivity contribution in [1.82, 2.24) is 0 Å². The van der Waals surface area contributed by atoms with Crippen molar-refractivity contribution in [2.75, 3.05) is 12.9 Å². The molecule has 98 valence electrons. The van der Waals surface area contributed by atoms with Crippen LogP contribution in [0.25, 0.3) is 5.57 Å². The highest BCUT2D eigenvalue weighted by molar-refractivity contribution is 8.01. The maximum Gasteiger partial charge on any atom is 0.0732 e. The third-order valence-corrected chi connectivity index (χ3v) is 3.29. The molecular formula is C17H18OS. The molecular weight excluding hydrogens is 252 g/mol. The molecule has 2 aromatic carbocycles. The summed E-state index contributed by atoms with van der Waals surface area (Å²) >= 11 is 1.71. The second kappa shape index (κ2) is 7.82. The van der Waals surface area contributed by atoms with Gasteiger partial charge in [0.2, 0.25) is 0 Å². The Bertz CT molecular complexity index is 505. The second-order valence-electron chi connectivity index (χ2n) is 4.22. The first kappa shape index (κ1) is 13.9. The fraction of sp³-hybridized carbons (Fsp3) is 0.176. The smallest absolute Gasteiger partial charge is 0.0732 e. The lowest BCUT2D eigenvalue weighted by atomic mass is 10.1. The fourth-order valence-electron chi connectivity index (χ4n) is 1.83. The molecule has 2 rings (SSSR count). The highest BCUT2D eigenvalue weighted by Crippen LogP contribution is 2.18. The molecule has 0 atom stereocenters. The molecule has 0 saturated carbocycles. The van der Waals surface area contributed by atoms with Gasteiger partial charge in [-0.15, -0.1) is 11.8 Å². The summed E-state index contributed by atoms with van der Waals surface area (Å²) < 4.78 is 5.81. The fourth-order valence-corrected chi connectivity index (χ4v) is 2.32. The van der Waals surface area contributed by atoms with Gasteiger partial charge in [0, 0.05) is 0 Å². The number of thioether (sulfide) groups is 1. The summed E-state index contributed by atoms with van der Waals surface area (Å²) in [6, 6.07) is 20.6. The van der Waals surface area contributed by atoms with Crippen molar-refractivity contribution >= 4 is 17.3 Å². The summed E-state index contributed by atoms with van der Waals surface area (Å²) in [7, 11) is 0. The highest BCUT2D eigenvalue weighted by Gasteiger charge is 2.01. The van der Waals surface area contributed by atoms with Crippen LogP contribution in [0.4, 0.5) is 0 Å². The summed E-state index contributed by atoms with van der Waals surface area (Å²) in [6.07, 6.45) is 2.07. The van der Waals surface area contributed by atoms with Crippen molar-refractivity contribution in [3.63, 3.8) is 0 Å². The van der Waals surface area contributed by atoms with E-state index in [1.54, 1.807) is 11.8 Å². The van der Waals surface area contributed by atoms with Crippen molar-refractivity contribution in [2.24, 2.45) is 0 Å². The Balaban J connectivity index is 1.94. The van der Waals surface area contributed by atoms with E-state index < -0.39 is 0 Å². The van der Waals surface area contributed by atoms with E-state index in [0.717, 1.165) is 0 Å². The zero-order valence-corrected chi connectivity index (χ0v) is 11.9. The van der Waals surface area contributed by atoms with Gasteiger partial charge >= 0.3 is 0 Å². The molecule has 0 unspecified atom stereocenters. The van der Waals surface area contributed by atoms with Crippen LogP contribution in [0.2, 0.25) is 0 Å². The van der Waals surface area contributed by atoms with Crippen molar-refractivity contribution in [3.05, 3.63) is 77.2 Å². The van der Waals surface area contributed by atoms with Crippen LogP contribution in [0.3, 0.4) is 0 Å². The van der Waals surface area contributed by atoms with Gasteiger partial charge < -0.3 is 4.74 Å². The molecule has 1 nitrogen and oxygen atoms in total. The number of hydrogen-bond acceptors (Lipinski definition) is 2. The lowest BCUT2D eigenvalue weighted by Gasteiger charge is -2.09. The van der Waals surface area contributed by atoms with E-state index in [1.165, 1.54) is 16.7 Å². The van der Waals surface area contributed by atoms with Crippen LogP contribution >= 0.6 is 11.8 Å². The molecule has 0 fully saturated rings. The molecule has 0 amide bonds. The van der Waals surface area contributed by atoms with Crippen LogP contribution in [0, 0.1) is 0 Å². The van der Waals surface area contributed by atoms with E-state index in [9.17, 15) is 0 Å². The Morgan fingerprint density at radius 3 is 2.26 bits per heavy atom. The molecule has 0 aliphatic rings. The largest absolute Gasteiger partial charge is 0.372 e. The second-order valence-corrected chi connectivity index (χ2v) is 4.93. The first-order chi connectivity index (χ1) is 9.40. The van der Waals surface area contributed by atoms with E-state index in [-0.39, 0.29) is 0 Å². The number of hydrogen-bond donors (Lipinski definition) is 0. The molecule has 2 heteroatoms. The van der Waals surface area contributed by atoms with Gasteiger partial charge in [-0.25, -0.2) is 0 Å². The van der Waals surface area contributed by atoms with Crippen LogP contribution in [-0.2, 0) is 11.3 Å². The molecule has 0 aromatic heterocycles. The third-order valence-electron chi connectivity index (χ3n) is 2.77. The highest BCUT2D eigenvalue weighted by atomic mass is 32.2. The van der Waals surface area contributed by atoms with Crippen LogP contribution in [0.15, 0.2) is 66.1 Å². The van der Waals surface area contributed by atoms with E-state index in [1.807, 2.05) is 24.3 Å². The van der Waals surface area contributed by atoms with Crippen molar-refractivity contribution in [2.45, 2.75) is 6.61 Å². The molecule has 0 heterocycles. The predicted octanol–water partition coefficient (Wildman–Crippen LogP) is 4.61. The molecule has 0 N–H and O–H groups in total. The number of benzene rings is 2. The van der Waals surface area contributed by atoms with Gasteiger partial charge in [-0.1, -0.05) is 60.7 Å². The Morgan fingerprint density at radius 1 is 1.00 bits per heavy atom. The van der Waals surface area contributed by atoms with E-state index in [2.05, 4.69) is 48.1 Å². The lowest BCUT2D eigenvalue weighted by molar-refractivity contribution is 0.153. The Hall–Kier alpha value is -1.51. The van der Waals surface area contributed by atoms with E-state index in [0.29, 0.717) is 13.2 Å². The molecule has 0 aliphatic heterocycles. The van der Waals surface area contributed by atoms with Crippen LogP contribution in [0.1, 0.15) is 11.1 Å². The Labute approximate surface area is 119 Å². The van der Waals surface area contributed by atoms with Crippen molar-refractivity contribution < 1.29 is 4.74 Å². The average Bonchev–Trinajstić information content (AvgIpc) is 2.48. The summed E-state index contributed by atoms with van der Waals surface area (Å²) in [5.41, 5.74) is 3.66. The van der Waals surface area contributed by atoms with Crippen molar-refractivity contribution in [3.8, 4) is 0 Å². The van der Waals surface area contributed by atoms with Crippen LogP contribution in [0.5, 0.6) is 0 Å². The summed E-state index contributed by atoms with van der Waals surface area (Å²) in [6.45, 7) is 1.29. The van der Waals surface area contributed by atoms with Gasteiger partial charge in [-0.3, -0.25) is 0 Å². The number of ether oxygens (including phenoxy) is 1. The minimum Gasteiger partial charge on any atom is -0.372 e. The average molecular weight is 270 g/mol. The zero-order valence-electron chi connectivity index (χ0n) is 11.1. The maximum atomic E-state index is 5.81. The number of rotatable bonds is 6. The minimum absolute atomic E-state index is 0.639. The molecule has 0 saturated heterocycles. The van der Waals surface area contributed by atoms with Gasteiger partial charge in [-0.2, -0.15) is 0 Å². The molecule has 0 radical (unpaired) electrons. The van der Waals surface area contributed by atoms with E-state index in [4.69, 9.17) is 4.74 Å². The molecule has 0 aliphatic carbocycles. The molecule has 0 spiro atoms. The molecule has 19 heavy (non-hydrogen) atoms. The maximum absolute atomic E-state index is 5.81. The predicted molar refractivity (Wildman–Crippen MR) is 84.0 cm³/mol. The minimum atomic E-state index is 0.639. The Morgan fingerprint density at radius 2 is 1.63 bits per heavy atom. The summed E-state index contributed by atoms with van der Waals surface area (Å²) in [4.78, 5) is 0. The standard InChI is InChI=1S/C17H18OS/c1-19-14-17(16-10-6-3-7-11-16)13-18-12-15-8-4-2-5-9-15/h2-11,14H,12-13H2,1H3/b17-14-. The van der Waals surface area contributed by atoms with Gasteiger partial charge in [0.05, 0.1) is 13.2 Å². The SMILES string of the molecule is CS/C=C(/COCc1ccccc1)c1ccccc1. The first-order valence-corrected chi connectivity index (χ1v) is 7.58. The van der Waals surface area contributed by atoms with Crippen LogP contribution < -0.4 is 0 Å². The summed E-state index contributed by atoms with van der Waals surface area (Å²) in [5.74, 6) is 0. The van der Waals surface area contributed by atoms with Crippen LogP contribution in [-0.4, -0.2) is 12.9 Å². The van der Waals surface area contributed by atoms with Gasteiger partial charge in [0.25, 0.3) is 0 Å². The Kier molecular flexibility index (Phi) is 5.73. The zero-order chi connectivity index (χ0) is 13.3. The molecule has 2 aromatic rings. The molecule has 0 bridgehead atoms. The summed E-state index contributed by atoms with van der Waals surface area (Å²) in [5, 5.41) is 2.15. The lowest BCUT2D eigenvalue weighted by Crippen LogP contribution is -1.98. The topological polar surface area (TPSA) is 9.23 Å². The third kappa shape index (κ3) is 4.58. The van der Waals surface area contributed by atoms with Gasteiger partial charge in [0.1, 0.15) is 0 Å². The van der Waals surface area contributed by atoms with Gasteiger partial charge in [0.15, 0.2) is 0 Å². The van der Waals surface area contributed by atoms with Crippen molar-refractivity contribution in [1.29, 1.82) is 0 Å². The van der Waals surface area contributed by atoms with E-state index >= 15 is 0 Å². The first-order valence-electron chi connectivity index (χ1n) is 6.29. The quantitative estimate of drug-likeness (QED) is 0.758. The normalized spacial score (nSPS) is 11.5. The van der Waals surface area contributed by atoms with Gasteiger partial charge in [-0.05, 0) is 28.4 Å². The monoisotopic (exact) mass is 270 g/mol.